The first-order valence-electron chi connectivity index (χ1n) is 6.58. The molecule has 19 heavy (non-hydrogen) atoms. The molecular formula is C14H20FN3O. The fourth-order valence-electron chi connectivity index (χ4n) is 2.41. The number of benzene rings is 1. The van der Waals surface area contributed by atoms with Gasteiger partial charge in [-0.25, -0.2) is 4.39 Å². The van der Waals surface area contributed by atoms with Crippen LogP contribution in [0.2, 0.25) is 0 Å². The van der Waals surface area contributed by atoms with E-state index in [0.29, 0.717) is 18.7 Å². The molecule has 0 unspecified atom stereocenters. The van der Waals surface area contributed by atoms with Crippen LogP contribution in [0.3, 0.4) is 0 Å². The topological polar surface area (TPSA) is 49.6 Å². The summed E-state index contributed by atoms with van der Waals surface area (Å²) < 4.78 is 13.8. The van der Waals surface area contributed by atoms with Crippen molar-refractivity contribution in [1.29, 1.82) is 0 Å². The standard InChI is InChI=1S/C14H20FN3O/c1-11(19)18-7-3-6-17(8-9-18)10-12-4-2-5-13(16)14(12)15/h2,4-5H,3,6-10,16H2,1H3. The molecule has 1 amide bonds. The van der Waals surface area contributed by atoms with Crippen LogP contribution in [-0.2, 0) is 11.3 Å². The third-order valence-corrected chi connectivity index (χ3v) is 3.54. The molecule has 4 nitrogen and oxygen atoms in total. The highest BCUT2D eigenvalue weighted by atomic mass is 19.1. The van der Waals surface area contributed by atoms with Gasteiger partial charge in [-0.3, -0.25) is 9.69 Å². The molecule has 1 aliphatic heterocycles. The molecule has 1 saturated heterocycles. The van der Waals surface area contributed by atoms with Crippen molar-refractivity contribution in [2.24, 2.45) is 0 Å². The molecule has 0 aromatic heterocycles. The van der Waals surface area contributed by atoms with E-state index in [1.165, 1.54) is 0 Å². The zero-order valence-corrected chi connectivity index (χ0v) is 11.2. The van der Waals surface area contributed by atoms with E-state index in [0.717, 1.165) is 26.1 Å². The lowest BCUT2D eigenvalue weighted by Crippen LogP contribution is -2.33. The molecule has 1 aromatic rings. The van der Waals surface area contributed by atoms with Crippen molar-refractivity contribution in [2.45, 2.75) is 19.9 Å². The van der Waals surface area contributed by atoms with Crippen LogP contribution in [0.1, 0.15) is 18.9 Å². The molecule has 5 heteroatoms. The number of hydrogen-bond acceptors (Lipinski definition) is 3. The van der Waals surface area contributed by atoms with Crippen LogP contribution in [0.15, 0.2) is 18.2 Å². The van der Waals surface area contributed by atoms with Gasteiger partial charge in [0.1, 0.15) is 0 Å². The molecule has 1 aromatic carbocycles. The highest BCUT2D eigenvalue weighted by Gasteiger charge is 2.17. The number of nitrogens with zero attached hydrogens (tertiary/aromatic N) is 2. The van der Waals surface area contributed by atoms with Gasteiger partial charge in [0.25, 0.3) is 0 Å². The molecule has 1 aliphatic rings. The quantitative estimate of drug-likeness (QED) is 0.824. The van der Waals surface area contributed by atoms with E-state index in [-0.39, 0.29) is 17.4 Å². The smallest absolute Gasteiger partial charge is 0.219 e. The average Bonchev–Trinajstić information content (AvgIpc) is 2.60. The van der Waals surface area contributed by atoms with Crippen molar-refractivity contribution >= 4 is 11.6 Å². The normalized spacial score (nSPS) is 17.3. The van der Waals surface area contributed by atoms with Gasteiger partial charge in [0, 0.05) is 45.2 Å². The van der Waals surface area contributed by atoms with Gasteiger partial charge < -0.3 is 10.6 Å². The SMILES string of the molecule is CC(=O)N1CCCN(Cc2cccc(N)c2F)CC1. The predicted octanol–water partition coefficient (Wildman–Crippen LogP) is 1.46. The van der Waals surface area contributed by atoms with Crippen molar-refractivity contribution < 1.29 is 9.18 Å². The van der Waals surface area contributed by atoms with Gasteiger partial charge in [-0.05, 0) is 12.5 Å². The maximum absolute atomic E-state index is 13.8. The van der Waals surface area contributed by atoms with Crippen molar-refractivity contribution in [3.8, 4) is 0 Å². The molecule has 1 fully saturated rings. The van der Waals surface area contributed by atoms with Crippen LogP contribution in [0, 0.1) is 5.82 Å². The summed E-state index contributed by atoms with van der Waals surface area (Å²) in [6, 6.07) is 5.10. The fourth-order valence-corrected chi connectivity index (χ4v) is 2.41. The minimum Gasteiger partial charge on any atom is -0.396 e. The number of hydrogen-bond donors (Lipinski definition) is 1. The van der Waals surface area contributed by atoms with E-state index in [9.17, 15) is 9.18 Å². The molecular weight excluding hydrogens is 245 g/mol. The molecule has 104 valence electrons. The number of halogens is 1. The van der Waals surface area contributed by atoms with E-state index in [1.54, 1.807) is 25.1 Å². The second-order valence-corrected chi connectivity index (χ2v) is 4.96. The first kappa shape index (κ1) is 13.8. The zero-order valence-electron chi connectivity index (χ0n) is 11.2. The summed E-state index contributed by atoms with van der Waals surface area (Å²) in [7, 11) is 0. The number of anilines is 1. The summed E-state index contributed by atoms with van der Waals surface area (Å²) in [5.74, 6) is -0.216. The molecule has 0 saturated carbocycles. The summed E-state index contributed by atoms with van der Waals surface area (Å²) in [4.78, 5) is 15.4. The van der Waals surface area contributed by atoms with Crippen molar-refractivity contribution in [2.75, 3.05) is 31.9 Å². The fraction of sp³-hybridized carbons (Fsp3) is 0.500. The Morgan fingerprint density at radius 3 is 2.84 bits per heavy atom. The summed E-state index contributed by atoms with van der Waals surface area (Å²) in [5, 5.41) is 0. The molecule has 2 rings (SSSR count). The molecule has 0 aliphatic carbocycles. The maximum Gasteiger partial charge on any atom is 0.219 e. The van der Waals surface area contributed by atoms with Crippen LogP contribution in [0.4, 0.5) is 10.1 Å². The van der Waals surface area contributed by atoms with Gasteiger partial charge in [0.15, 0.2) is 5.82 Å². The van der Waals surface area contributed by atoms with Gasteiger partial charge in [-0.15, -0.1) is 0 Å². The van der Waals surface area contributed by atoms with Gasteiger partial charge in [0.05, 0.1) is 5.69 Å². The summed E-state index contributed by atoms with van der Waals surface area (Å²) in [5.41, 5.74) is 6.39. The molecule has 0 radical (unpaired) electrons. The Kier molecular flexibility index (Phi) is 4.37. The third-order valence-electron chi connectivity index (χ3n) is 3.54. The van der Waals surface area contributed by atoms with Crippen LogP contribution in [0.5, 0.6) is 0 Å². The number of carbonyl (C=O) groups excluding carboxylic acids is 1. The van der Waals surface area contributed by atoms with E-state index < -0.39 is 0 Å². The van der Waals surface area contributed by atoms with Crippen LogP contribution < -0.4 is 5.73 Å². The van der Waals surface area contributed by atoms with Gasteiger partial charge in [0.2, 0.25) is 5.91 Å². The van der Waals surface area contributed by atoms with Gasteiger partial charge in [-0.1, -0.05) is 12.1 Å². The first-order chi connectivity index (χ1) is 9.08. The van der Waals surface area contributed by atoms with E-state index >= 15 is 0 Å². The minimum atomic E-state index is -0.324. The summed E-state index contributed by atoms with van der Waals surface area (Å²) in [6.07, 6.45) is 0.920. The first-order valence-corrected chi connectivity index (χ1v) is 6.58. The number of carbonyl (C=O) groups is 1. The largest absolute Gasteiger partial charge is 0.396 e. The molecule has 0 bridgehead atoms. The monoisotopic (exact) mass is 265 g/mol. The maximum atomic E-state index is 13.8. The molecule has 2 N–H and O–H groups in total. The lowest BCUT2D eigenvalue weighted by Gasteiger charge is -2.21. The summed E-state index contributed by atoms with van der Waals surface area (Å²) >= 11 is 0. The lowest BCUT2D eigenvalue weighted by atomic mass is 10.1. The highest BCUT2D eigenvalue weighted by molar-refractivity contribution is 5.73. The van der Waals surface area contributed by atoms with Crippen molar-refractivity contribution in [3.05, 3.63) is 29.6 Å². The zero-order chi connectivity index (χ0) is 13.8. The number of nitrogen functional groups attached to an aromatic ring is 1. The Balaban J connectivity index is 2.00. The molecule has 1 heterocycles. The van der Waals surface area contributed by atoms with Crippen LogP contribution in [0.25, 0.3) is 0 Å². The highest BCUT2D eigenvalue weighted by Crippen LogP contribution is 2.17. The van der Waals surface area contributed by atoms with Crippen LogP contribution in [-0.4, -0.2) is 41.9 Å². The number of amides is 1. The number of nitrogens with two attached hydrogens (primary N) is 1. The van der Waals surface area contributed by atoms with E-state index in [4.69, 9.17) is 5.73 Å². The second-order valence-electron chi connectivity index (χ2n) is 4.96. The minimum absolute atomic E-state index is 0.108. The molecule has 0 atom stereocenters. The van der Waals surface area contributed by atoms with Gasteiger partial charge >= 0.3 is 0 Å². The van der Waals surface area contributed by atoms with Crippen molar-refractivity contribution in [3.63, 3.8) is 0 Å². The van der Waals surface area contributed by atoms with Gasteiger partial charge in [-0.2, -0.15) is 0 Å². The Morgan fingerprint density at radius 1 is 1.32 bits per heavy atom. The third kappa shape index (κ3) is 3.44. The Morgan fingerprint density at radius 2 is 2.11 bits per heavy atom. The Labute approximate surface area is 113 Å². The Hall–Kier alpha value is -1.62. The van der Waals surface area contributed by atoms with E-state index in [1.807, 2.05) is 4.90 Å². The Bertz CT molecular complexity index is 464. The summed E-state index contributed by atoms with van der Waals surface area (Å²) in [6.45, 7) is 5.27. The lowest BCUT2D eigenvalue weighted by molar-refractivity contribution is -0.128. The van der Waals surface area contributed by atoms with Crippen molar-refractivity contribution in [1.82, 2.24) is 9.80 Å². The van der Waals surface area contributed by atoms with E-state index in [2.05, 4.69) is 4.90 Å². The van der Waals surface area contributed by atoms with Crippen LogP contribution >= 0.6 is 0 Å². The molecule has 0 spiro atoms. The average molecular weight is 265 g/mol. The second kappa shape index (κ2) is 6.02. The predicted molar refractivity (Wildman–Crippen MR) is 73.0 cm³/mol. The number of rotatable bonds is 2.